The molecule has 0 spiro atoms. The molecule has 0 saturated carbocycles. The number of hydrogen-bond acceptors (Lipinski definition) is 4. The third-order valence-corrected chi connectivity index (χ3v) is 3.04. The van der Waals surface area contributed by atoms with Crippen LogP contribution >= 0.6 is 11.8 Å². The monoisotopic (exact) mass is 226 g/mol. The van der Waals surface area contributed by atoms with Gasteiger partial charge in [-0.3, -0.25) is 10.2 Å². The maximum Gasteiger partial charge on any atom is 0.247 e. The second kappa shape index (κ2) is 5.75. The van der Waals surface area contributed by atoms with Gasteiger partial charge in [0.25, 0.3) is 0 Å². The van der Waals surface area contributed by atoms with Gasteiger partial charge in [-0.1, -0.05) is 12.1 Å². The van der Waals surface area contributed by atoms with Crippen molar-refractivity contribution < 1.29 is 9.90 Å². The molecule has 1 unspecified atom stereocenters. The van der Waals surface area contributed by atoms with Crippen LogP contribution in [0, 0.1) is 0 Å². The first-order valence-corrected chi connectivity index (χ1v) is 5.42. The molecule has 0 radical (unpaired) electrons. The van der Waals surface area contributed by atoms with Gasteiger partial charge in [-0.15, -0.1) is 11.8 Å². The second-order valence-corrected chi connectivity index (χ2v) is 4.48. The van der Waals surface area contributed by atoms with Crippen molar-refractivity contribution in [2.45, 2.75) is 23.7 Å². The Kier molecular flexibility index (Phi) is 4.61. The van der Waals surface area contributed by atoms with Crippen molar-refractivity contribution in [2.75, 3.05) is 0 Å². The quantitative estimate of drug-likeness (QED) is 0.305. The number of hydrazine groups is 1. The molecule has 0 aromatic heterocycles. The van der Waals surface area contributed by atoms with Crippen LogP contribution in [-0.2, 0) is 11.4 Å². The summed E-state index contributed by atoms with van der Waals surface area (Å²) < 4.78 is 0. The van der Waals surface area contributed by atoms with Gasteiger partial charge in [-0.05, 0) is 24.6 Å². The van der Waals surface area contributed by atoms with Crippen LogP contribution in [0.3, 0.4) is 0 Å². The molecule has 1 aromatic carbocycles. The van der Waals surface area contributed by atoms with Crippen molar-refractivity contribution in [1.82, 2.24) is 5.43 Å². The van der Waals surface area contributed by atoms with E-state index in [1.165, 1.54) is 11.8 Å². The molecule has 1 rings (SSSR count). The summed E-state index contributed by atoms with van der Waals surface area (Å²) in [5.41, 5.74) is 2.96. The first kappa shape index (κ1) is 12.0. The second-order valence-electron chi connectivity index (χ2n) is 3.07. The number of aliphatic hydroxyl groups is 1. The molecule has 15 heavy (non-hydrogen) atoms. The Labute approximate surface area is 92.8 Å². The van der Waals surface area contributed by atoms with E-state index >= 15 is 0 Å². The Morgan fingerprint density at radius 1 is 1.53 bits per heavy atom. The van der Waals surface area contributed by atoms with E-state index in [1.807, 2.05) is 24.3 Å². The van der Waals surface area contributed by atoms with Crippen LogP contribution in [0.15, 0.2) is 29.2 Å². The van der Waals surface area contributed by atoms with Crippen molar-refractivity contribution in [3.8, 4) is 0 Å². The van der Waals surface area contributed by atoms with E-state index in [-0.39, 0.29) is 17.8 Å². The summed E-state index contributed by atoms with van der Waals surface area (Å²) in [5, 5.41) is 8.62. The molecule has 0 saturated heterocycles. The summed E-state index contributed by atoms with van der Waals surface area (Å²) >= 11 is 1.42. The van der Waals surface area contributed by atoms with Gasteiger partial charge >= 0.3 is 0 Å². The minimum absolute atomic E-state index is 0.0315. The number of benzene rings is 1. The van der Waals surface area contributed by atoms with Gasteiger partial charge in [0.1, 0.15) is 0 Å². The number of amides is 1. The van der Waals surface area contributed by atoms with Crippen LogP contribution in [0.2, 0.25) is 0 Å². The SMILES string of the molecule is CC(Sc1ccc(CO)cc1)C(=O)NN. The predicted octanol–water partition coefficient (Wildman–Crippen LogP) is 0.649. The van der Waals surface area contributed by atoms with E-state index < -0.39 is 0 Å². The summed E-state index contributed by atoms with van der Waals surface area (Å²) in [6.45, 7) is 1.82. The summed E-state index contributed by atoms with van der Waals surface area (Å²) in [4.78, 5) is 12.1. The summed E-state index contributed by atoms with van der Waals surface area (Å²) in [6.07, 6.45) is 0. The first-order chi connectivity index (χ1) is 7.17. The number of aliphatic hydroxyl groups excluding tert-OH is 1. The van der Waals surface area contributed by atoms with Gasteiger partial charge in [0, 0.05) is 4.90 Å². The third-order valence-electron chi connectivity index (χ3n) is 1.93. The lowest BCUT2D eigenvalue weighted by atomic mass is 10.2. The predicted molar refractivity (Wildman–Crippen MR) is 60.0 cm³/mol. The fourth-order valence-electron chi connectivity index (χ4n) is 1.05. The highest BCUT2D eigenvalue weighted by molar-refractivity contribution is 8.00. The Balaban J connectivity index is 2.60. The number of carbonyl (C=O) groups excluding carboxylic acids is 1. The molecule has 1 amide bonds. The normalized spacial score (nSPS) is 12.2. The highest BCUT2D eigenvalue weighted by Gasteiger charge is 2.12. The molecule has 1 aromatic rings. The molecule has 4 nitrogen and oxygen atoms in total. The van der Waals surface area contributed by atoms with E-state index in [9.17, 15) is 4.79 Å². The van der Waals surface area contributed by atoms with Crippen molar-refractivity contribution in [1.29, 1.82) is 0 Å². The zero-order valence-corrected chi connectivity index (χ0v) is 9.25. The van der Waals surface area contributed by atoms with Crippen molar-refractivity contribution in [3.63, 3.8) is 0 Å². The van der Waals surface area contributed by atoms with E-state index in [1.54, 1.807) is 6.92 Å². The highest BCUT2D eigenvalue weighted by Crippen LogP contribution is 2.23. The summed E-state index contributed by atoms with van der Waals surface area (Å²) in [7, 11) is 0. The molecule has 0 fully saturated rings. The van der Waals surface area contributed by atoms with Crippen LogP contribution in [0.25, 0.3) is 0 Å². The average molecular weight is 226 g/mol. The smallest absolute Gasteiger partial charge is 0.247 e. The fourth-order valence-corrected chi connectivity index (χ4v) is 1.92. The molecule has 4 N–H and O–H groups in total. The maximum absolute atomic E-state index is 11.1. The lowest BCUT2D eigenvalue weighted by Gasteiger charge is -2.09. The van der Waals surface area contributed by atoms with E-state index in [0.717, 1.165) is 10.5 Å². The molecular formula is C10H14N2O2S. The molecule has 82 valence electrons. The largest absolute Gasteiger partial charge is 0.392 e. The van der Waals surface area contributed by atoms with E-state index in [4.69, 9.17) is 10.9 Å². The number of nitrogens with one attached hydrogen (secondary N) is 1. The number of carbonyl (C=O) groups is 1. The standard InChI is InChI=1S/C10H14N2O2S/c1-7(10(14)12-11)15-9-4-2-8(6-13)3-5-9/h2-5,7,13H,6,11H2,1H3,(H,12,14). The van der Waals surface area contributed by atoms with Crippen molar-refractivity contribution in [3.05, 3.63) is 29.8 Å². The number of hydrogen-bond donors (Lipinski definition) is 3. The Morgan fingerprint density at radius 3 is 2.60 bits per heavy atom. The molecular weight excluding hydrogens is 212 g/mol. The van der Waals surface area contributed by atoms with Gasteiger partial charge in [-0.2, -0.15) is 0 Å². The molecule has 0 aliphatic carbocycles. The molecule has 0 aliphatic rings. The highest BCUT2D eigenvalue weighted by atomic mass is 32.2. The third kappa shape index (κ3) is 3.54. The molecule has 0 aliphatic heterocycles. The van der Waals surface area contributed by atoms with E-state index in [2.05, 4.69) is 5.43 Å². The zero-order chi connectivity index (χ0) is 11.3. The van der Waals surface area contributed by atoms with Crippen LogP contribution < -0.4 is 11.3 Å². The topological polar surface area (TPSA) is 75.3 Å². The fraction of sp³-hybridized carbons (Fsp3) is 0.300. The van der Waals surface area contributed by atoms with Crippen LogP contribution in [0.4, 0.5) is 0 Å². The Hall–Kier alpha value is -1.04. The summed E-state index contributed by atoms with van der Waals surface area (Å²) in [6, 6.07) is 7.40. The minimum Gasteiger partial charge on any atom is -0.392 e. The van der Waals surface area contributed by atoms with Crippen LogP contribution in [0.5, 0.6) is 0 Å². The summed E-state index contributed by atoms with van der Waals surface area (Å²) in [5.74, 6) is 4.82. The molecule has 5 heteroatoms. The van der Waals surface area contributed by atoms with Crippen molar-refractivity contribution >= 4 is 17.7 Å². The van der Waals surface area contributed by atoms with Crippen LogP contribution in [0.1, 0.15) is 12.5 Å². The number of rotatable bonds is 4. The Bertz CT molecular complexity index is 327. The minimum atomic E-state index is -0.227. The lowest BCUT2D eigenvalue weighted by molar-refractivity contribution is -0.120. The van der Waals surface area contributed by atoms with Gasteiger partial charge in [0.15, 0.2) is 0 Å². The molecule has 0 bridgehead atoms. The first-order valence-electron chi connectivity index (χ1n) is 4.54. The lowest BCUT2D eigenvalue weighted by Crippen LogP contribution is -2.36. The molecule has 0 heterocycles. The van der Waals surface area contributed by atoms with Gasteiger partial charge in [0.05, 0.1) is 11.9 Å². The Morgan fingerprint density at radius 2 is 2.13 bits per heavy atom. The van der Waals surface area contributed by atoms with Crippen LogP contribution in [-0.4, -0.2) is 16.3 Å². The zero-order valence-electron chi connectivity index (χ0n) is 8.43. The van der Waals surface area contributed by atoms with Gasteiger partial charge < -0.3 is 5.11 Å². The van der Waals surface area contributed by atoms with Gasteiger partial charge in [-0.25, -0.2) is 5.84 Å². The molecule has 1 atom stereocenters. The van der Waals surface area contributed by atoms with Gasteiger partial charge in [0.2, 0.25) is 5.91 Å². The average Bonchev–Trinajstić information content (AvgIpc) is 2.29. The van der Waals surface area contributed by atoms with E-state index in [0.29, 0.717) is 0 Å². The maximum atomic E-state index is 11.1. The number of nitrogens with two attached hydrogens (primary N) is 1. The number of thioether (sulfide) groups is 1. The van der Waals surface area contributed by atoms with Crippen molar-refractivity contribution in [2.24, 2.45) is 5.84 Å².